The largest absolute Gasteiger partial charge is 0.495 e. The molecule has 2 aromatic rings. The van der Waals surface area contributed by atoms with Crippen LogP contribution in [0, 0.1) is 0 Å². The van der Waals surface area contributed by atoms with Gasteiger partial charge >= 0.3 is 6.03 Å². The molecule has 0 saturated carbocycles. The molecule has 6 heteroatoms. The lowest BCUT2D eigenvalue weighted by atomic mass is 10.0. The predicted octanol–water partition coefficient (Wildman–Crippen LogP) is 2.88. The van der Waals surface area contributed by atoms with Gasteiger partial charge < -0.3 is 20.3 Å². The molecule has 1 aromatic heterocycles. The van der Waals surface area contributed by atoms with Crippen LogP contribution < -0.4 is 20.3 Å². The molecular weight excluding hydrogens is 304 g/mol. The number of amides is 2. The van der Waals surface area contributed by atoms with Crippen LogP contribution >= 0.6 is 0 Å². The molecule has 2 N–H and O–H groups in total. The third-order valence-electron chi connectivity index (χ3n) is 4.10. The number of carbonyl (C=O) groups is 1. The minimum Gasteiger partial charge on any atom is -0.495 e. The van der Waals surface area contributed by atoms with Crippen LogP contribution in [0.2, 0.25) is 0 Å². The molecule has 0 aliphatic carbocycles. The van der Waals surface area contributed by atoms with E-state index in [0.29, 0.717) is 5.69 Å². The third-order valence-corrected chi connectivity index (χ3v) is 4.10. The quantitative estimate of drug-likeness (QED) is 0.907. The Kier molecular flexibility index (Phi) is 5.15. The van der Waals surface area contributed by atoms with Crippen LogP contribution in [0.25, 0.3) is 0 Å². The molecule has 1 atom stereocenters. The average molecular weight is 326 g/mol. The molecule has 1 fully saturated rings. The third kappa shape index (κ3) is 3.95. The number of benzene rings is 1. The van der Waals surface area contributed by atoms with E-state index in [9.17, 15) is 4.79 Å². The van der Waals surface area contributed by atoms with Crippen molar-refractivity contribution in [1.29, 1.82) is 0 Å². The maximum atomic E-state index is 12.2. The number of urea groups is 1. The highest BCUT2D eigenvalue weighted by Crippen LogP contribution is 2.29. The van der Waals surface area contributed by atoms with Gasteiger partial charge in [0.25, 0.3) is 0 Å². The molecule has 126 valence electrons. The summed E-state index contributed by atoms with van der Waals surface area (Å²) in [6.45, 7) is 1.73. The zero-order valence-corrected chi connectivity index (χ0v) is 13.7. The molecular formula is C18H22N4O2. The first-order valence-corrected chi connectivity index (χ1v) is 8.12. The molecule has 1 aromatic carbocycles. The standard InChI is InChI=1S/C18H22N4O2/c1-24-17-9-3-2-8-16(17)22-11-5-7-15(13-22)21-18(23)20-14-6-4-10-19-12-14/h2-4,6,8-10,12,15H,5,7,11,13H2,1H3,(H2,20,21,23). The van der Waals surface area contributed by atoms with Crippen LogP contribution in [0.3, 0.4) is 0 Å². The first-order chi connectivity index (χ1) is 11.8. The lowest BCUT2D eigenvalue weighted by molar-refractivity contribution is 0.246. The Morgan fingerprint density at radius 3 is 2.96 bits per heavy atom. The Hall–Kier alpha value is -2.76. The first-order valence-electron chi connectivity index (χ1n) is 8.12. The molecule has 6 nitrogen and oxygen atoms in total. The zero-order valence-electron chi connectivity index (χ0n) is 13.7. The minimum atomic E-state index is -0.199. The number of hydrogen-bond donors (Lipinski definition) is 2. The zero-order chi connectivity index (χ0) is 16.8. The highest BCUT2D eigenvalue weighted by atomic mass is 16.5. The number of aromatic nitrogens is 1. The number of rotatable bonds is 4. The molecule has 3 rings (SSSR count). The Bertz CT molecular complexity index is 678. The highest BCUT2D eigenvalue weighted by Gasteiger charge is 2.23. The van der Waals surface area contributed by atoms with E-state index < -0.39 is 0 Å². The SMILES string of the molecule is COc1ccccc1N1CCCC(NC(=O)Nc2cccnc2)C1. The summed E-state index contributed by atoms with van der Waals surface area (Å²) in [6.07, 6.45) is 5.29. The maximum absolute atomic E-state index is 12.2. The Morgan fingerprint density at radius 1 is 1.29 bits per heavy atom. The summed E-state index contributed by atoms with van der Waals surface area (Å²) < 4.78 is 5.45. The Labute approximate surface area is 141 Å². The number of methoxy groups -OCH3 is 1. The summed E-state index contributed by atoms with van der Waals surface area (Å²) in [4.78, 5) is 18.4. The molecule has 0 bridgehead atoms. The van der Waals surface area contributed by atoms with Crippen molar-refractivity contribution in [1.82, 2.24) is 10.3 Å². The van der Waals surface area contributed by atoms with E-state index in [4.69, 9.17) is 4.74 Å². The van der Waals surface area contributed by atoms with Crippen LogP contribution in [0.4, 0.5) is 16.2 Å². The highest BCUT2D eigenvalue weighted by molar-refractivity contribution is 5.89. The van der Waals surface area contributed by atoms with Crippen LogP contribution in [-0.2, 0) is 0 Å². The van der Waals surface area contributed by atoms with Crippen LogP contribution in [0.15, 0.2) is 48.8 Å². The van der Waals surface area contributed by atoms with Crippen molar-refractivity contribution in [2.24, 2.45) is 0 Å². The molecule has 1 saturated heterocycles. The summed E-state index contributed by atoms with van der Waals surface area (Å²) in [5.74, 6) is 0.859. The molecule has 1 aliphatic heterocycles. The lowest BCUT2D eigenvalue weighted by Gasteiger charge is -2.35. The van der Waals surface area contributed by atoms with Gasteiger partial charge in [-0.05, 0) is 37.1 Å². The number of nitrogens with zero attached hydrogens (tertiary/aromatic N) is 2. The van der Waals surface area contributed by atoms with E-state index in [2.05, 4.69) is 26.6 Å². The molecule has 0 spiro atoms. The number of pyridine rings is 1. The predicted molar refractivity (Wildman–Crippen MR) is 94.6 cm³/mol. The number of nitrogens with one attached hydrogen (secondary N) is 2. The van der Waals surface area contributed by atoms with Gasteiger partial charge in [-0.1, -0.05) is 12.1 Å². The van der Waals surface area contributed by atoms with Crippen molar-refractivity contribution in [2.75, 3.05) is 30.4 Å². The monoisotopic (exact) mass is 326 g/mol. The summed E-state index contributed by atoms with van der Waals surface area (Å²) in [5.41, 5.74) is 1.76. The summed E-state index contributed by atoms with van der Waals surface area (Å²) in [5, 5.41) is 5.85. The van der Waals surface area contributed by atoms with Crippen molar-refractivity contribution in [2.45, 2.75) is 18.9 Å². The maximum Gasteiger partial charge on any atom is 0.319 e. The fourth-order valence-electron chi connectivity index (χ4n) is 2.99. The van der Waals surface area contributed by atoms with E-state index in [1.807, 2.05) is 24.3 Å². The Morgan fingerprint density at radius 2 is 2.17 bits per heavy atom. The van der Waals surface area contributed by atoms with Gasteiger partial charge in [-0.2, -0.15) is 0 Å². The Balaban J connectivity index is 1.60. The van der Waals surface area contributed by atoms with Crippen LogP contribution in [0.5, 0.6) is 5.75 Å². The minimum absolute atomic E-state index is 0.0975. The van der Waals surface area contributed by atoms with E-state index in [0.717, 1.165) is 37.4 Å². The second-order valence-electron chi connectivity index (χ2n) is 5.80. The van der Waals surface area contributed by atoms with Gasteiger partial charge in [0.15, 0.2) is 0 Å². The van der Waals surface area contributed by atoms with Crippen molar-refractivity contribution in [3.63, 3.8) is 0 Å². The fourth-order valence-corrected chi connectivity index (χ4v) is 2.99. The number of ether oxygens (including phenoxy) is 1. The number of hydrogen-bond acceptors (Lipinski definition) is 4. The van der Waals surface area contributed by atoms with Gasteiger partial charge in [0.2, 0.25) is 0 Å². The topological polar surface area (TPSA) is 66.5 Å². The molecule has 24 heavy (non-hydrogen) atoms. The summed E-state index contributed by atoms with van der Waals surface area (Å²) >= 11 is 0. The van der Waals surface area contributed by atoms with Gasteiger partial charge in [-0.15, -0.1) is 0 Å². The van der Waals surface area contributed by atoms with E-state index in [-0.39, 0.29) is 12.1 Å². The van der Waals surface area contributed by atoms with Gasteiger partial charge in [-0.3, -0.25) is 4.98 Å². The van der Waals surface area contributed by atoms with E-state index >= 15 is 0 Å². The van der Waals surface area contributed by atoms with Gasteiger partial charge in [0.1, 0.15) is 5.75 Å². The van der Waals surface area contributed by atoms with Gasteiger partial charge in [0, 0.05) is 25.3 Å². The number of carbonyl (C=O) groups excluding carboxylic acids is 1. The second kappa shape index (κ2) is 7.68. The number of piperidine rings is 1. The van der Waals surface area contributed by atoms with Crippen molar-refractivity contribution < 1.29 is 9.53 Å². The van der Waals surface area contributed by atoms with Crippen molar-refractivity contribution >= 4 is 17.4 Å². The molecule has 0 radical (unpaired) electrons. The molecule has 2 amide bonds. The molecule has 1 aliphatic rings. The molecule has 2 heterocycles. The lowest BCUT2D eigenvalue weighted by Crippen LogP contribution is -2.49. The van der Waals surface area contributed by atoms with Crippen molar-refractivity contribution in [3.8, 4) is 5.75 Å². The van der Waals surface area contributed by atoms with Crippen LogP contribution in [-0.4, -0.2) is 37.3 Å². The fraction of sp³-hybridized carbons (Fsp3) is 0.333. The average Bonchev–Trinajstić information content (AvgIpc) is 2.62. The van der Waals surface area contributed by atoms with Crippen LogP contribution in [0.1, 0.15) is 12.8 Å². The van der Waals surface area contributed by atoms with E-state index in [1.165, 1.54) is 0 Å². The second-order valence-corrected chi connectivity index (χ2v) is 5.80. The van der Waals surface area contributed by atoms with Gasteiger partial charge in [-0.25, -0.2) is 4.79 Å². The summed E-state index contributed by atoms with van der Waals surface area (Å²) in [6, 6.07) is 11.5. The number of anilines is 2. The first kappa shape index (κ1) is 16.1. The summed E-state index contributed by atoms with van der Waals surface area (Å²) in [7, 11) is 1.68. The van der Waals surface area contributed by atoms with Gasteiger partial charge in [0.05, 0.1) is 24.7 Å². The normalized spacial score (nSPS) is 17.2. The molecule has 1 unspecified atom stereocenters. The number of para-hydroxylation sites is 2. The van der Waals surface area contributed by atoms with E-state index in [1.54, 1.807) is 25.6 Å². The smallest absolute Gasteiger partial charge is 0.319 e. The van der Waals surface area contributed by atoms with Crippen molar-refractivity contribution in [3.05, 3.63) is 48.8 Å².